The fourth-order valence-corrected chi connectivity index (χ4v) is 5.06. The molecule has 1 aliphatic carbocycles. The minimum absolute atomic E-state index is 0.0473. The fourth-order valence-electron chi connectivity index (χ4n) is 3.90. The minimum Gasteiger partial charge on any atom is -0.396 e. The van der Waals surface area contributed by atoms with Crippen LogP contribution in [0.2, 0.25) is 0 Å². The maximum Gasteiger partial charge on any atom is 0.405 e. The first-order chi connectivity index (χ1) is 14.3. The number of anilines is 2. The summed E-state index contributed by atoms with van der Waals surface area (Å²) in [5, 5.41) is 16.2. The molecule has 3 aromatic rings. The van der Waals surface area contributed by atoms with Crippen LogP contribution in [-0.2, 0) is 0 Å². The topological polar surface area (TPSA) is 70.1 Å². The highest BCUT2D eigenvalue weighted by Gasteiger charge is 2.29. The second-order valence-electron chi connectivity index (χ2n) is 7.68. The Balaban J connectivity index is 1.71. The Morgan fingerprint density at radius 2 is 2.00 bits per heavy atom. The molecule has 30 heavy (non-hydrogen) atoms. The zero-order valence-electron chi connectivity index (χ0n) is 16.5. The van der Waals surface area contributed by atoms with E-state index < -0.39 is 12.7 Å². The third kappa shape index (κ3) is 4.67. The monoisotopic (exact) mass is 436 g/mol. The number of thiophene rings is 1. The molecule has 1 unspecified atom stereocenters. The van der Waals surface area contributed by atoms with Crippen molar-refractivity contribution in [1.29, 1.82) is 0 Å². The molecule has 1 fully saturated rings. The van der Waals surface area contributed by atoms with Crippen molar-refractivity contribution in [3.8, 4) is 10.4 Å². The number of aromatic nitrogens is 2. The summed E-state index contributed by atoms with van der Waals surface area (Å²) in [6.07, 6.45) is -1.76. The molecule has 2 heterocycles. The van der Waals surface area contributed by atoms with Gasteiger partial charge in [0.1, 0.15) is 12.4 Å². The van der Waals surface area contributed by atoms with Crippen LogP contribution in [0.1, 0.15) is 25.0 Å². The molecule has 1 saturated carbocycles. The molecule has 160 valence electrons. The smallest absolute Gasteiger partial charge is 0.396 e. The SMILES string of the molecule is Cc1nc(NCC(F)(F)F)nc(NC2CC[C@@H](CO)C2)c1-c1cc2ccccc2s1. The van der Waals surface area contributed by atoms with Gasteiger partial charge in [-0.3, -0.25) is 0 Å². The fraction of sp³-hybridized carbons (Fsp3) is 0.429. The molecule has 1 aromatic carbocycles. The second-order valence-corrected chi connectivity index (χ2v) is 8.76. The Morgan fingerprint density at radius 3 is 2.70 bits per heavy atom. The van der Waals surface area contributed by atoms with Gasteiger partial charge in [-0.15, -0.1) is 11.3 Å². The number of benzene rings is 1. The lowest BCUT2D eigenvalue weighted by Crippen LogP contribution is -2.23. The number of hydrogen-bond donors (Lipinski definition) is 3. The minimum atomic E-state index is -4.35. The first-order valence-electron chi connectivity index (χ1n) is 9.88. The van der Waals surface area contributed by atoms with Crippen molar-refractivity contribution in [3.63, 3.8) is 0 Å². The average molecular weight is 437 g/mol. The standard InChI is InChI=1S/C21H23F3N4OS/c1-12-18(17-9-14-4-2-3-5-16(14)30-17)19(27-15-7-6-13(8-15)10-29)28-20(26-12)25-11-21(22,23)24/h2-5,9,13,15,29H,6-8,10-11H2,1H3,(H2,25,26,27,28)/t13-,15?/m1/s1. The molecule has 1 aliphatic rings. The molecule has 0 aliphatic heterocycles. The summed E-state index contributed by atoms with van der Waals surface area (Å²) < 4.78 is 39.1. The van der Waals surface area contributed by atoms with E-state index in [-0.39, 0.29) is 24.5 Å². The maximum absolute atomic E-state index is 12.7. The second kappa shape index (κ2) is 8.39. The number of fused-ring (bicyclic) bond motifs is 1. The first kappa shape index (κ1) is 20.9. The van der Waals surface area contributed by atoms with Gasteiger partial charge >= 0.3 is 6.18 Å². The molecule has 0 saturated heterocycles. The molecule has 4 rings (SSSR count). The highest BCUT2D eigenvalue weighted by molar-refractivity contribution is 7.22. The van der Waals surface area contributed by atoms with Gasteiger partial charge in [0.15, 0.2) is 0 Å². The summed E-state index contributed by atoms with van der Waals surface area (Å²) in [5.41, 5.74) is 1.42. The Morgan fingerprint density at radius 1 is 1.20 bits per heavy atom. The van der Waals surface area contributed by atoms with Gasteiger partial charge in [-0.1, -0.05) is 18.2 Å². The highest BCUT2D eigenvalue weighted by atomic mass is 32.1. The van der Waals surface area contributed by atoms with Crippen molar-refractivity contribution in [2.75, 3.05) is 23.8 Å². The molecule has 0 spiro atoms. The van der Waals surface area contributed by atoms with E-state index in [9.17, 15) is 18.3 Å². The van der Waals surface area contributed by atoms with Gasteiger partial charge in [0.2, 0.25) is 5.95 Å². The lowest BCUT2D eigenvalue weighted by atomic mass is 10.1. The summed E-state index contributed by atoms with van der Waals surface area (Å²) in [4.78, 5) is 9.67. The Bertz CT molecular complexity index is 1000. The number of halogens is 3. The third-order valence-electron chi connectivity index (χ3n) is 5.35. The zero-order valence-corrected chi connectivity index (χ0v) is 17.3. The zero-order chi connectivity index (χ0) is 21.3. The van der Waals surface area contributed by atoms with Gasteiger partial charge < -0.3 is 15.7 Å². The van der Waals surface area contributed by atoms with Crippen molar-refractivity contribution < 1.29 is 18.3 Å². The van der Waals surface area contributed by atoms with Crippen LogP contribution in [0.15, 0.2) is 30.3 Å². The van der Waals surface area contributed by atoms with Crippen LogP contribution in [0.25, 0.3) is 20.5 Å². The van der Waals surface area contributed by atoms with Crippen LogP contribution in [0.3, 0.4) is 0 Å². The molecule has 0 amide bonds. The molecular weight excluding hydrogens is 413 g/mol. The Kier molecular flexibility index (Phi) is 5.84. The quantitative estimate of drug-likeness (QED) is 0.495. The van der Waals surface area contributed by atoms with Crippen LogP contribution >= 0.6 is 11.3 Å². The van der Waals surface area contributed by atoms with Crippen LogP contribution in [0.5, 0.6) is 0 Å². The molecule has 0 bridgehead atoms. The molecule has 2 aromatic heterocycles. The lowest BCUT2D eigenvalue weighted by Gasteiger charge is -2.19. The molecular formula is C21H23F3N4OS. The molecule has 2 atom stereocenters. The van der Waals surface area contributed by atoms with E-state index in [2.05, 4.69) is 26.7 Å². The molecule has 0 radical (unpaired) electrons. The summed E-state index contributed by atoms with van der Waals surface area (Å²) in [5.74, 6) is 0.720. The van der Waals surface area contributed by atoms with E-state index >= 15 is 0 Å². The van der Waals surface area contributed by atoms with Crippen LogP contribution in [0, 0.1) is 12.8 Å². The number of nitrogens with one attached hydrogen (secondary N) is 2. The summed E-state index contributed by atoms with van der Waals surface area (Å²) in [7, 11) is 0. The first-order valence-corrected chi connectivity index (χ1v) is 10.7. The normalized spacial score (nSPS) is 19.4. The van der Waals surface area contributed by atoms with E-state index in [1.807, 2.05) is 24.3 Å². The highest BCUT2D eigenvalue weighted by Crippen LogP contribution is 2.40. The van der Waals surface area contributed by atoms with Crippen molar-refractivity contribution in [2.45, 2.75) is 38.4 Å². The predicted molar refractivity (Wildman–Crippen MR) is 114 cm³/mol. The van der Waals surface area contributed by atoms with Gasteiger partial charge in [-0.25, -0.2) is 4.98 Å². The lowest BCUT2D eigenvalue weighted by molar-refractivity contribution is -0.115. The molecule has 9 heteroatoms. The number of rotatable bonds is 6. The predicted octanol–water partition coefficient (Wildman–Crippen LogP) is 5.21. The van der Waals surface area contributed by atoms with E-state index in [1.54, 1.807) is 18.3 Å². The van der Waals surface area contributed by atoms with Crippen LogP contribution in [-0.4, -0.2) is 40.4 Å². The van der Waals surface area contributed by atoms with Crippen molar-refractivity contribution in [1.82, 2.24) is 9.97 Å². The summed E-state index contributed by atoms with van der Waals surface area (Å²) in [6, 6.07) is 10.2. The van der Waals surface area contributed by atoms with Crippen LogP contribution < -0.4 is 10.6 Å². The van der Waals surface area contributed by atoms with Gasteiger partial charge in [-0.05, 0) is 49.6 Å². The van der Waals surface area contributed by atoms with E-state index in [0.717, 1.165) is 39.8 Å². The number of nitrogens with zero attached hydrogens (tertiary/aromatic N) is 2. The average Bonchev–Trinajstić information content (AvgIpc) is 3.32. The summed E-state index contributed by atoms with van der Waals surface area (Å²) >= 11 is 1.60. The third-order valence-corrected chi connectivity index (χ3v) is 6.48. The van der Waals surface area contributed by atoms with E-state index in [0.29, 0.717) is 11.5 Å². The Labute approximate surface area is 176 Å². The van der Waals surface area contributed by atoms with Crippen molar-refractivity contribution in [2.24, 2.45) is 5.92 Å². The van der Waals surface area contributed by atoms with Crippen LogP contribution in [0.4, 0.5) is 24.9 Å². The van der Waals surface area contributed by atoms with E-state index in [4.69, 9.17) is 0 Å². The summed E-state index contributed by atoms with van der Waals surface area (Å²) in [6.45, 7) is 0.739. The Hall–Kier alpha value is -2.39. The van der Waals surface area contributed by atoms with Gasteiger partial charge in [-0.2, -0.15) is 18.2 Å². The maximum atomic E-state index is 12.7. The molecule has 3 N–H and O–H groups in total. The number of aryl methyl sites for hydroxylation is 1. The van der Waals surface area contributed by atoms with Crippen molar-refractivity contribution >= 4 is 33.2 Å². The van der Waals surface area contributed by atoms with Crippen molar-refractivity contribution in [3.05, 3.63) is 36.0 Å². The number of aliphatic hydroxyl groups is 1. The van der Waals surface area contributed by atoms with Gasteiger partial charge in [0.05, 0.1) is 11.3 Å². The van der Waals surface area contributed by atoms with Gasteiger partial charge in [0.25, 0.3) is 0 Å². The van der Waals surface area contributed by atoms with E-state index in [1.165, 1.54) is 0 Å². The molecule has 5 nitrogen and oxygen atoms in total. The largest absolute Gasteiger partial charge is 0.405 e. The number of hydrogen-bond acceptors (Lipinski definition) is 6. The number of alkyl halides is 3. The van der Waals surface area contributed by atoms with Gasteiger partial charge in [0, 0.05) is 22.2 Å². The number of aliphatic hydroxyl groups excluding tert-OH is 1.